The van der Waals surface area contributed by atoms with Crippen LogP contribution in [0.1, 0.15) is 53.4 Å². The molecule has 0 amide bonds. The van der Waals surface area contributed by atoms with Crippen LogP contribution in [-0.4, -0.2) is 37.1 Å². The summed E-state index contributed by atoms with van der Waals surface area (Å²) in [5.74, 6) is 1.75. The van der Waals surface area contributed by atoms with E-state index >= 15 is 0 Å². The second-order valence-corrected chi connectivity index (χ2v) is 6.62. The second kappa shape index (κ2) is 6.19. The molecular weight excluding hydrogens is 208 g/mol. The van der Waals surface area contributed by atoms with E-state index in [4.69, 9.17) is 0 Å². The van der Waals surface area contributed by atoms with E-state index in [2.05, 4.69) is 52.0 Å². The van der Waals surface area contributed by atoms with E-state index in [1.54, 1.807) is 0 Å². The van der Waals surface area contributed by atoms with Gasteiger partial charge in [-0.2, -0.15) is 0 Å². The van der Waals surface area contributed by atoms with Crippen molar-refractivity contribution >= 4 is 0 Å². The van der Waals surface area contributed by atoms with Crippen LogP contribution in [-0.2, 0) is 0 Å². The molecule has 1 aliphatic rings. The molecule has 0 aromatic rings. The van der Waals surface area contributed by atoms with E-state index in [9.17, 15) is 0 Å². The van der Waals surface area contributed by atoms with Gasteiger partial charge in [-0.3, -0.25) is 0 Å². The molecule has 1 aliphatic carbocycles. The monoisotopic (exact) mass is 240 g/mol. The number of rotatable bonds is 5. The van der Waals surface area contributed by atoms with Crippen molar-refractivity contribution in [3.63, 3.8) is 0 Å². The Balaban J connectivity index is 2.77. The lowest BCUT2D eigenvalue weighted by Gasteiger charge is -2.46. The van der Waals surface area contributed by atoms with Crippen molar-refractivity contribution in [2.75, 3.05) is 20.6 Å². The molecule has 0 aromatic heterocycles. The fraction of sp³-hybridized carbons (Fsp3) is 1.00. The standard InChI is InChI=1S/C15H32N2/c1-7-16-14(15(3,4)17(5)6)13-10-8-9-12(2)11-13/h12-14,16H,7-11H2,1-6H3. The summed E-state index contributed by atoms with van der Waals surface area (Å²) in [7, 11) is 4.41. The summed E-state index contributed by atoms with van der Waals surface area (Å²) in [6.07, 6.45) is 5.64. The Hall–Kier alpha value is -0.0800. The van der Waals surface area contributed by atoms with Gasteiger partial charge in [0.25, 0.3) is 0 Å². The molecule has 1 saturated carbocycles. The normalized spacial score (nSPS) is 28.4. The predicted octanol–water partition coefficient (Wildman–Crippen LogP) is 3.13. The first-order valence-corrected chi connectivity index (χ1v) is 7.30. The van der Waals surface area contributed by atoms with E-state index in [1.807, 2.05) is 0 Å². The quantitative estimate of drug-likeness (QED) is 0.794. The maximum atomic E-state index is 3.75. The molecule has 0 aliphatic heterocycles. The molecule has 0 bridgehead atoms. The zero-order valence-corrected chi connectivity index (χ0v) is 12.7. The van der Waals surface area contributed by atoms with Crippen molar-refractivity contribution in [2.45, 2.75) is 65.0 Å². The van der Waals surface area contributed by atoms with Gasteiger partial charge < -0.3 is 10.2 Å². The zero-order valence-electron chi connectivity index (χ0n) is 12.7. The van der Waals surface area contributed by atoms with Gasteiger partial charge in [0.05, 0.1) is 0 Å². The van der Waals surface area contributed by atoms with Gasteiger partial charge in [-0.1, -0.05) is 26.7 Å². The van der Waals surface area contributed by atoms with Crippen LogP contribution < -0.4 is 5.32 Å². The van der Waals surface area contributed by atoms with Crippen molar-refractivity contribution in [3.8, 4) is 0 Å². The summed E-state index contributed by atoms with van der Waals surface area (Å²) in [4.78, 5) is 2.37. The highest BCUT2D eigenvalue weighted by atomic mass is 15.2. The Kier molecular flexibility index (Phi) is 5.46. The largest absolute Gasteiger partial charge is 0.312 e. The highest BCUT2D eigenvalue weighted by molar-refractivity contribution is 4.96. The fourth-order valence-corrected chi connectivity index (χ4v) is 3.28. The lowest BCUT2D eigenvalue weighted by atomic mass is 9.73. The number of nitrogens with zero attached hydrogens (tertiary/aromatic N) is 1. The summed E-state index contributed by atoms with van der Waals surface area (Å²) in [6, 6.07) is 0.616. The molecule has 1 fully saturated rings. The van der Waals surface area contributed by atoms with Crippen molar-refractivity contribution in [1.82, 2.24) is 10.2 Å². The van der Waals surface area contributed by atoms with Gasteiger partial charge in [0.15, 0.2) is 0 Å². The third-order valence-electron chi connectivity index (χ3n) is 4.79. The molecular formula is C15H32N2. The van der Waals surface area contributed by atoms with E-state index < -0.39 is 0 Å². The van der Waals surface area contributed by atoms with Gasteiger partial charge in [-0.25, -0.2) is 0 Å². The smallest absolute Gasteiger partial charge is 0.0302 e. The van der Waals surface area contributed by atoms with Crippen LogP contribution in [0.5, 0.6) is 0 Å². The molecule has 0 spiro atoms. The molecule has 17 heavy (non-hydrogen) atoms. The van der Waals surface area contributed by atoms with Crippen molar-refractivity contribution in [2.24, 2.45) is 11.8 Å². The molecule has 0 aromatic carbocycles. The topological polar surface area (TPSA) is 15.3 Å². The van der Waals surface area contributed by atoms with Crippen molar-refractivity contribution in [1.29, 1.82) is 0 Å². The predicted molar refractivity (Wildman–Crippen MR) is 76.4 cm³/mol. The summed E-state index contributed by atoms with van der Waals surface area (Å²) in [5, 5.41) is 3.75. The third-order valence-corrected chi connectivity index (χ3v) is 4.79. The summed E-state index contributed by atoms with van der Waals surface area (Å²) in [6.45, 7) is 10.5. The Bertz CT molecular complexity index is 223. The minimum Gasteiger partial charge on any atom is -0.312 e. The molecule has 0 heterocycles. The molecule has 0 saturated heterocycles. The molecule has 3 atom stereocenters. The molecule has 1 N–H and O–H groups in total. The summed E-state index contributed by atoms with van der Waals surface area (Å²) in [5.41, 5.74) is 0.234. The fourth-order valence-electron chi connectivity index (χ4n) is 3.28. The van der Waals surface area contributed by atoms with Gasteiger partial charge in [-0.05, 0) is 59.2 Å². The SMILES string of the molecule is CCNC(C1CCCC(C)C1)C(C)(C)N(C)C. The summed E-state index contributed by atoms with van der Waals surface area (Å²) >= 11 is 0. The third kappa shape index (κ3) is 3.69. The molecule has 2 nitrogen and oxygen atoms in total. The minimum absolute atomic E-state index is 0.234. The maximum Gasteiger partial charge on any atom is 0.0302 e. The van der Waals surface area contributed by atoms with Crippen LogP contribution in [0.4, 0.5) is 0 Å². The average molecular weight is 240 g/mol. The first-order chi connectivity index (χ1) is 7.89. The Morgan fingerprint density at radius 1 is 1.29 bits per heavy atom. The first-order valence-electron chi connectivity index (χ1n) is 7.30. The Labute approximate surface area is 108 Å². The molecule has 3 unspecified atom stereocenters. The zero-order chi connectivity index (χ0) is 13.1. The van der Waals surface area contributed by atoms with Crippen molar-refractivity contribution < 1.29 is 0 Å². The molecule has 102 valence electrons. The number of likely N-dealkylation sites (N-methyl/N-ethyl adjacent to an activating group) is 2. The van der Waals surface area contributed by atoms with Gasteiger partial charge >= 0.3 is 0 Å². The first kappa shape index (κ1) is 15.0. The van der Waals surface area contributed by atoms with Gasteiger partial charge in [0.2, 0.25) is 0 Å². The number of hydrogen-bond acceptors (Lipinski definition) is 2. The second-order valence-electron chi connectivity index (χ2n) is 6.62. The number of nitrogens with one attached hydrogen (secondary N) is 1. The van der Waals surface area contributed by atoms with Crippen molar-refractivity contribution in [3.05, 3.63) is 0 Å². The van der Waals surface area contributed by atoms with Crippen LogP contribution in [0.25, 0.3) is 0 Å². The van der Waals surface area contributed by atoms with Gasteiger partial charge in [0.1, 0.15) is 0 Å². The highest BCUT2D eigenvalue weighted by Crippen LogP contribution is 2.35. The van der Waals surface area contributed by atoms with Crippen LogP contribution in [0.3, 0.4) is 0 Å². The van der Waals surface area contributed by atoms with E-state index in [0.717, 1.165) is 18.4 Å². The van der Waals surface area contributed by atoms with Crippen LogP contribution in [0, 0.1) is 11.8 Å². The molecule has 1 rings (SSSR count). The Morgan fingerprint density at radius 2 is 1.94 bits per heavy atom. The highest BCUT2D eigenvalue weighted by Gasteiger charge is 2.38. The lowest BCUT2D eigenvalue weighted by molar-refractivity contribution is 0.0788. The van der Waals surface area contributed by atoms with Crippen LogP contribution >= 0.6 is 0 Å². The Morgan fingerprint density at radius 3 is 2.41 bits per heavy atom. The van der Waals surface area contributed by atoms with E-state index in [0.29, 0.717) is 6.04 Å². The maximum absolute atomic E-state index is 3.75. The average Bonchev–Trinajstić information content (AvgIpc) is 2.25. The molecule has 0 radical (unpaired) electrons. The molecule has 2 heteroatoms. The summed E-state index contributed by atoms with van der Waals surface area (Å²) < 4.78 is 0. The van der Waals surface area contributed by atoms with Gasteiger partial charge in [0, 0.05) is 11.6 Å². The lowest BCUT2D eigenvalue weighted by Crippen LogP contribution is -2.59. The van der Waals surface area contributed by atoms with Gasteiger partial charge in [-0.15, -0.1) is 0 Å². The van der Waals surface area contributed by atoms with Crippen LogP contribution in [0.2, 0.25) is 0 Å². The number of hydrogen-bond donors (Lipinski definition) is 1. The van der Waals surface area contributed by atoms with E-state index in [1.165, 1.54) is 25.7 Å². The van der Waals surface area contributed by atoms with E-state index in [-0.39, 0.29) is 5.54 Å². The minimum atomic E-state index is 0.234. The van der Waals surface area contributed by atoms with Crippen LogP contribution in [0.15, 0.2) is 0 Å².